The zero-order valence-electron chi connectivity index (χ0n) is 12.2. The molecule has 1 aromatic heterocycles. The lowest BCUT2D eigenvalue weighted by Gasteiger charge is -2.29. The Labute approximate surface area is 124 Å². The fraction of sp³-hybridized carbons (Fsp3) is 0.588. The molecule has 1 heterocycles. The van der Waals surface area contributed by atoms with Gasteiger partial charge in [0.2, 0.25) is 0 Å². The first-order chi connectivity index (χ1) is 9.48. The predicted octanol–water partition coefficient (Wildman–Crippen LogP) is 4.78. The Morgan fingerprint density at radius 1 is 1.40 bits per heavy atom. The molecule has 0 aliphatic heterocycles. The Morgan fingerprint density at radius 3 is 2.85 bits per heavy atom. The van der Waals surface area contributed by atoms with Crippen molar-refractivity contribution in [2.75, 3.05) is 0 Å². The maximum Gasteiger partial charge on any atom is 0.337 e. The fourth-order valence-corrected chi connectivity index (χ4v) is 4.96. The van der Waals surface area contributed by atoms with Crippen molar-refractivity contribution in [2.45, 2.75) is 58.3 Å². The van der Waals surface area contributed by atoms with Gasteiger partial charge in [-0.25, -0.2) is 4.79 Å². The number of aryl methyl sites for hydroxylation is 1. The highest BCUT2D eigenvalue weighted by Crippen LogP contribution is 2.45. The number of carboxylic acids is 1. The van der Waals surface area contributed by atoms with Crippen molar-refractivity contribution in [3.63, 3.8) is 0 Å². The van der Waals surface area contributed by atoms with Crippen LogP contribution >= 0.6 is 11.3 Å². The summed E-state index contributed by atoms with van der Waals surface area (Å²) in [5.74, 6) is -0.297. The van der Waals surface area contributed by atoms with Crippen molar-refractivity contribution in [2.24, 2.45) is 5.41 Å². The first kappa shape index (κ1) is 13.9. The van der Waals surface area contributed by atoms with E-state index in [4.69, 9.17) is 0 Å². The number of rotatable bonds is 2. The Kier molecular flexibility index (Phi) is 3.49. The monoisotopic (exact) mass is 290 g/mol. The number of hydrogen-bond acceptors (Lipinski definition) is 2. The molecule has 0 fully saturated rings. The second-order valence-corrected chi connectivity index (χ2v) is 8.01. The third-order valence-electron chi connectivity index (χ3n) is 4.66. The van der Waals surface area contributed by atoms with Gasteiger partial charge >= 0.3 is 5.97 Å². The summed E-state index contributed by atoms with van der Waals surface area (Å²) >= 11 is 1.78. The molecule has 0 spiro atoms. The molecular formula is C17H22O2S. The van der Waals surface area contributed by atoms with Crippen LogP contribution in [-0.2, 0) is 12.8 Å². The molecule has 0 radical (unpaired) electrons. The van der Waals surface area contributed by atoms with Gasteiger partial charge in [0.25, 0.3) is 0 Å². The van der Waals surface area contributed by atoms with E-state index in [1.807, 2.05) is 0 Å². The van der Waals surface area contributed by atoms with Gasteiger partial charge in [-0.2, -0.15) is 0 Å². The summed E-state index contributed by atoms with van der Waals surface area (Å²) < 4.78 is 0. The average molecular weight is 290 g/mol. The molecular weight excluding hydrogens is 268 g/mol. The Bertz CT molecular complexity index is 566. The molecule has 108 valence electrons. The SMILES string of the molecule is CC1(C)CCc2sc(C3CC=CCC3)c(C(=O)O)c2C1. The largest absolute Gasteiger partial charge is 0.478 e. The van der Waals surface area contributed by atoms with Crippen LogP contribution in [0.4, 0.5) is 0 Å². The van der Waals surface area contributed by atoms with Crippen LogP contribution in [0.25, 0.3) is 0 Å². The van der Waals surface area contributed by atoms with Crippen LogP contribution in [-0.4, -0.2) is 11.1 Å². The molecule has 1 unspecified atom stereocenters. The van der Waals surface area contributed by atoms with Gasteiger partial charge in [0.15, 0.2) is 0 Å². The fourth-order valence-electron chi connectivity index (χ4n) is 3.49. The highest BCUT2D eigenvalue weighted by atomic mass is 32.1. The molecule has 1 N–H and O–H groups in total. The van der Waals surface area contributed by atoms with E-state index in [1.165, 1.54) is 11.3 Å². The number of allylic oxidation sites excluding steroid dienone is 2. The Hall–Kier alpha value is -1.09. The van der Waals surface area contributed by atoms with Gasteiger partial charge in [-0.1, -0.05) is 26.0 Å². The maximum absolute atomic E-state index is 11.8. The van der Waals surface area contributed by atoms with E-state index in [2.05, 4.69) is 26.0 Å². The second kappa shape index (κ2) is 5.03. The molecule has 20 heavy (non-hydrogen) atoms. The number of aromatic carboxylic acids is 1. The lowest BCUT2D eigenvalue weighted by Crippen LogP contribution is -2.22. The third-order valence-corrected chi connectivity index (χ3v) is 6.11. The van der Waals surface area contributed by atoms with Gasteiger partial charge in [0.1, 0.15) is 0 Å². The lowest BCUT2D eigenvalue weighted by molar-refractivity contribution is 0.0693. The van der Waals surface area contributed by atoms with Crippen molar-refractivity contribution < 1.29 is 9.90 Å². The summed E-state index contributed by atoms with van der Waals surface area (Å²) in [6.45, 7) is 4.50. The molecule has 2 aliphatic rings. The smallest absolute Gasteiger partial charge is 0.337 e. The first-order valence-corrected chi connectivity index (χ1v) is 8.32. The van der Waals surface area contributed by atoms with Gasteiger partial charge < -0.3 is 5.11 Å². The summed E-state index contributed by atoms with van der Waals surface area (Å²) in [5, 5.41) is 9.70. The summed E-state index contributed by atoms with van der Waals surface area (Å²) in [6.07, 6.45) is 10.7. The summed E-state index contributed by atoms with van der Waals surface area (Å²) in [6, 6.07) is 0. The van der Waals surface area contributed by atoms with E-state index in [9.17, 15) is 9.90 Å². The molecule has 1 atom stereocenters. The van der Waals surface area contributed by atoms with E-state index < -0.39 is 5.97 Å². The molecule has 3 heteroatoms. The molecule has 0 amide bonds. The number of hydrogen-bond donors (Lipinski definition) is 1. The summed E-state index contributed by atoms with van der Waals surface area (Å²) in [4.78, 5) is 14.3. The molecule has 1 aromatic rings. The van der Waals surface area contributed by atoms with Crippen LogP contribution in [0.2, 0.25) is 0 Å². The van der Waals surface area contributed by atoms with Crippen LogP contribution < -0.4 is 0 Å². The molecule has 2 aliphatic carbocycles. The Balaban J connectivity index is 2.05. The van der Waals surface area contributed by atoms with Gasteiger partial charge in [-0.15, -0.1) is 11.3 Å². The first-order valence-electron chi connectivity index (χ1n) is 7.51. The van der Waals surface area contributed by atoms with Crippen LogP contribution in [0.5, 0.6) is 0 Å². The Morgan fingerprint density at radius 2 is 2.20 bits per heavy atom. The maximum atomic E-state index is 11.8. The van der Waals surface area contributed by atoms with Crippen molar-refractivity contribution in [3.05, 3.63) is 33.0 Å². The average Bonchev–Trinajstić information content (AvgIpc) is 2.77. The minimum Gasteiger partial charge on any atom is -0.478 e. The number of thiophene rings is 1. The van der Waals surface area contributed by atoms with Gasteiger partial charge in [-0.3, -0.25) is 0 Å². The lowest BCUT2D eigenvalue weighted by atomic mass is 9.75. The van der Waals surface area contributed by atoms with E-state index in [-0.39, 0.29) is 5.41 Å². The standard InChI is InChI=1S/C17H22O2S/c1-17(2)9-8-13-12(10-17)14(16(18)19)15(20-13)11-6-4-3-5-7-11/h3-4,11H,5-10H2,1-2H3,(H,18,19). The molecule has 0 aromatic carbocycles. The predicted molar refractivity (Wildman–Crippen MR) is 82.8 cm³/mol. The minimum absolute atomic E-state index is 0.238. The van der Waals surface area contributed by atoms with Gasteiger partial charge in [-0.05, 0) is 55.4 Å². The number of fused-ring (bicyclic) bond motifs is 1. The molecule has 2 nitrogen and oxygen atoms in total. The van der Waals surface area contributed by atoms with Crippen molar-refractivity contribution >= 4 is 17.3 Å². The van der Waals surface area contributed by atoms with Gasteiger partial charge in [0.05, 0.1) is 5.56 Å². The van der Waals surface area contributed by atoms with E-state index >= 15 is 0 Å². The zero-order valence-corrected chi connectivity index (χ0v) is 13.1. The second-order valence-electron chi connectivity index (χ2n) is 6.87. The quantitative estimate of drug-likeness (QED) is 0.795. The summed E-state index contributed by atoms with van der Waals surface area (Å²) in [5.41, 5.74) is 2.03. The molecule has 0 saturated carbocycles. The van der Waals surface area contributed by atoms with E-state index in [0.29, 0.717) is 11.5 Å². The molecule has 0 bridgehead atoms. The number of carboxylic acid groups (broad SMARTS) is 1. The van der Waals surface area contributed by atoms with Crippen molar-refractivity contribution in [1.29, 1.82) is 0 Å². The molecule has 3 rings (SSSR count). The highest BCUT2D eigenvalue weighted by Gasteiger charge is 2.34. The minimum atomic E-state index is -0.718. The van der Waals surface area contributed by atoms with Gasteiger partial charge in [0, 0.05) is 9.75 Å². The highest BCUT2D eigenvalue weighted by molar-refractivity contribution is 7.12. The van der Waals surface area contributed by atoms with Crippen molar-refractivity contribution in [1.82, 2.24) is 0 Å². The van der Waals surface area contributed by atoms with Crippen LogP contribution in [0.1, 0.15) is 71.1 Å². The van der Waals surface area contributed by atoms with Crippen LogP contribution in [0.3, 0.4) is 0 Å². The zero-order chi connectivity index (χ0) is 14.3. The van der Waals surface area contributed by atoms with Crippen molar-refractivity contribution in [3.8, 4) is 0 Å². The van der Waals surface area contributed by atoms with Crippen LogP contribution in [0.15, 0.2) is 12.2 Å². The van der Waals surface area contributed by atoms with Crippen LogP contribution in [0, 0.1) is 5.41 Å². The number of carbonyl (C=O) groups is 1. The van der Waals surface area contributed by atoms with E-state index in [1.54, 1.807) is 11.3 Å². The topological polar surface area (TPSA) is 37.3 Å². The van der Waals surface area contributed by atoms with E-state index in [0.717, 1.165) is 42.5 Å². The normalized spacial score (nSPS) is 24.4. The summed E-state index contributed by atoms with van der Waals surface area (Å²) in [7, 11) is 0. The third kappa shape index (κ3) is 2.44. The molecule has 0 saturated heterocycles.